The summed E-state index contributed by atoms with van der Waals surface area (Å²) in [6.07, 6.45) is 0. The van der Waals surface area contributed by atoms with Gasteiger partial charge in [0.2, 0.25) is 0 Å². The fourth-order valence-corrected chi connectivity index (χ4v) is 4.37. The van der Waals surface area contributed by atoms with Crippen molar-refractivity contribution in [3.63, 3.8) is 0 Å². The first-order valence-electron chi connectivity index (χ1n) is 5.66. The molecular weight excluding hydrogens is 461 g/mol. The summed E-state index contributed by atoms with van der Waals surface area (Å²) in [5.74, 6) is -0.199. The number of rotatable bonds is 4. The minimum atomic E-state index is -0.199. The lowest BCUT2D eigenvalue weighted by molar-refractivity contribution is 0.562. The molecule has 0 spiro atoms. The quantitative estimate of drug-likeness (QED) is 0.587. The van der Waals surface area contributed by atoms with Crippen molar-refractivity contribution in [1.29, 1.82) is 0 Å². The van der Waals surface area contributed by atoms with E-state index in [-0.39, 0.29) is 11.9 Å². The third-order valence-electron chi connectivity index (χ3n) is 2.63. The summed E-state index contributed by atoms with van der Waals surface area (Å²) in [4.78, 5) is 1.07. The Morgan fingerprint density at radius 1 is 1.26 bits per heavy atom. The van der Waals surface area contributed by atoms with E-state index in [1.54, 1.807) is 17.4 Å². The molecule has 1 N–H and O–H groups in total. The van der Waals surface area contributed by atoms with Gasteiger partial charge in [0, 0.05) is 19.4 Å². The molecule has 1 aromatic carbocycles. The van der Waals surface area contributed by atoms with Gasteiger partial charge in [0.05, 0.1) is 9.83 Å². The van der Waals surface area contributed by atoms with Crippen molar-refractivity contribution < 1.29 is 4.39 Å². The zero-order chi connectivity index (χ0) is 14.0. The largest absolute Gasteiger partial charge is 0.306 e. The molecule has 0 aliphatic heterocycles. The van der Waals surface area contributed by atoms with E-state index < -0.39 is 0 Å². The van der Waals surface area contributed by atoms with E-state index >= 15 is 0 Å². The van der Waals surface area contributed by atoms with Crippen molar-refractivity contribution in [3.8, 4) is 0 Å². The minimum absolute atomic E-state index is 0.143. The Hall–Kier alpha value is 0.250. The van der Waals surface area contributed by atoms with Gasteiger partial charge in [0.1, 0.15) is 5.82 Å². The summed E-state index contributed by atoms with van der Waals surface area (Å²) >= 11 is 12.0. The second-order valence-electron chi connectivity index (χ2n) is 3.93. The van der Waals surface area contributed by atoms with E-state index in [4.69, 9.17) is 0 Å². The molecule has 0 radical (unpaired) electrons. The summed E-state index contributed by atoms with van der Waals surface area (Å²) in [6.45, 7) is 2.78. The van der Waals surface area contributed by atoms with Gasteiger partial charge in [-0.15, -0.1) is 11.3 Å². The molecule has 1 atom stereocenters. The van der Waals surface area contributed by atoms with Crippen LogP contribution in [0.1, 0.15) is 23.4 Å². The van der Waals surface area contributed by atoms with Crippen LogP contribution in [0.2, 0.25) is 0 Å². The van der Waals surface area contributed by atoms with Crippen molar-refractivity contribution in [3.05, 3.63) is 53.3 Å². The highest BCUT2D eigenvalue weighted by atomic mass is 79.9. The third kappa shape index (κ3) is 3.67. The molecule has 1 unspecified atom stereocenters. The molecule has 0 aliphatic rings. The number of thiophene rings is 1. The van der Waals surface area contributed by atoms with Gasteiger partial charge < -0.3 is 5.32 Å². The highest BCUT2D eigenvalue weighted by molar-refractivity contribution is 9.13. The van der Waals surface area contributed by atoms with Gasteiger partial charge in [0.15, 0.2) is 0 Å². The Bertz CT molecular complexity index is 566. The van der Waals surface area contributed by atoms with E-state index in [2.05, 4.69) is 53.1 Å². The summed E-state index contributed by atoms with van der Waals surface area (Å²) in [6, 6.07) is 6.89. The molecular formula is C13H11Br3FNS. The summed E-state index contributed by atoms with van der Waals surface area (Å²) in [5.41, 5.74) is 0.650. The summed E-state index contributed by atoms with van der Waals surface area (Å²) in [5, 5.41) is 3.33. The molecule has 1 heterocycles. The topological polar surface area (TPSA) is 12.0 Å². The van der Waals surface area contributed by atoms with E-state index in [0.717, 1.165) is 24.2 Å². The van der Waals surface area contributed by atoms with Crippen LogP contribution in [-0.2, 0) is 0 Å². The molecule has 0 aliphatic carbocycles. The van der Waals surface area contributed by atoms with Crippen LogP contribution in [0.15, 0.2) is 37.0 Å². The van der Waals surface area contributed by atoms with E-state index in [1.807, 2.05) is 19.1 Å². The van der Waals surface area contributed by atoms with E-state index in [9.17, 15) is 4.39 Å². The van der Waals surface area contributed by atoms with Crippen molar-refractivity contribution in [2.24, 2.45) is 0 Å². The van der Waals surface area contributed by atoms with Crippen LogP contribution >= 0.6 is 59.1 Å². The Kier molecular flexibility index (Phi) is 5.60. The highest BCUT2D eigenvalue weighted by Gasteiger charge is 2.20. The lowest BCUT2D eigenvalue weighted by atomic mass is 10.0. The molecule has 0 saturated carbocycles. The lowest BCUT2D eigenvalue weighted by Crippen LogP contribution is -2.22. The summed E-state index contributed by atoms with van der Waals surface area (Å²) in [7, 11) is 0. The molecule has 19 heavy (non-hydrogen) atoms. The van der Waals surface area contributed by atoms with Crippen LogP contribution in [0.25, 0.3) is 0 Å². The fourth-order valence-electron chi connectivity index (χ4n) is 1.81. The average molecular weight is 472 g/mol. The number of hydrogen-bond donors (Lipinski definition) is 1. The number of nitrogens with one attached hydrogen (secondary N) is 1. The molecule has 0 fully saturated rings. The zero-order valence-electron chi connectivity index (χ0n) is 10.0. The normalized spacial score (nSPS) is 12.7. The summed E-state index contributed by atoms with van der Waals surface area (Å²) < 4.78 is 16.9. The maximum Gasteiger partial charge on any atom is 0.128 e. The highest BCUT2D eigenvalue weighted by Crippen LogP contribution is 2.38. The predicted molar refractivity (Wildman–Crippen MR) is 89.3 cm³/mol. The number of hydrogen-bond acceptors (Lipinski definition) is 2. The van der Waals surface area contributed by atoms with Gasteiger partial charge in [-0.25, -0.2) is 4.39 Å². The van der Waals surface area contributed by atoms with Crippen molar-refractivity contribution in [1.82, 2.24) is 5.32 Å². The maximum absolute atomic E-state index is 14.1. The van der Waals surface area contributed by atoms with Crippen molar-refractivity contribution in [2.75, 3.05) is 6.54 Å². The SMILES string of the molecule is CCNC(c1cc(Br)c(Br)s1)c1cc(Br)ccc1F. The van der Waals surface area contributed by atoms with Gasteiger partial charge in [-0.3, -0.25) is 0 Å². The van der Waals surface area contributed by atoms with E-state index in [0.29, 0.717) is 5.56 Å². The van der Waals surface area contributed by atoms with Gasteiger partial charge in [-0.2, -0.15) is 0 Å². The maximum atomic E-state index is 14.1. The van der Waals surface area contributed by atoms with Crippen LogP contribution in [0, 0.1) is 5.82 Å². The second-order valence-corrected chi connectivity index (χ2v) is 8.10. The molecule has 102 valence electrons. The lowest BCUT2D eigenvalue weighted by Gasteiger charge is -2.18. The first kappa shape index (κ1) is 15.6. The molecule has 6 heteroatoms. The number of halogens is 4. The Labute approximate surface area is 141 Å². The second kappa shape index (κ2) is 6.80. The van der Waals surface area contributed by atoms with Gasteiger partial charge in [-0.05, 0) is 62.7 Å². The minimum Gasteiger partial charge on any atom is -0.306 e. The molecule has 0 amide bonds. The third-order valence-corrected chi connectivity index (χ3v) is 6.44. The molecule has 1 aromatic heterocycles. The Balaban J connectivity index is 2.47. The van der Waals surface area contributed by atoms with Crippen LogP contribution < -0.4 is 5.32 Å². The zero-order valence-corrected chi connectivity index (χ0v) is 15.6. The molecule has 2 aromatic rings. The molecule has 0 saturated heterocycles. The van der Waals surface area contributed by atoms with Crippen LogP contribution in [0.3, 0.4) is 0 Å². The molecule has 1 nitrogen and oxygen atoms in total. The first-order valence-corrected chi connectivity index (χ1v) is 8.85. The van der Waals surface area contributed by atoms with Gasteiger partial charge in [-0.1, -0.05) is 22.9 Å². The molecule has 0 bridgehead atoms. The molecule has 2 rings (SSSR count). The first-order chi connectivity index (χ1) is 9.02. The van der Waals surface area contributed by atoms with Gasteiger partial charge in [0.25, 0.3) is 0 Å². The average Bonchev–Trinajstić information content (AvgIpc) is 2.70. The van der Waals surface area contributed by atoms with Gasteiger partial charge >= 0.3 is 0 Å². The predicted octanol–water partition coefficient (Wildman–Crippen LogP) is 5.87. The van der Waals surface area contributed by atoms with Crippen LogP contribution in [-0.4, -0.2) is 6.54 Å². The van der Waals surface area contributed by atoms with E-state index in [1.165, 1.54) is 6.07 Å². The smallest absolute Gasteiger partial charge is 0.128 e. The monoisotopic (exact) mass is 469 g/mol. The standard InChI is InChI=1S/C13H11Br3FNS/c1-2-18-12(11-6-9(15)13(16)19-11)8-5-7(14)3-4-10(8)17/h3-6,12,18H,2H2,1H3. The Morgan fingerprint density at radius 3 is 2.58 bits per heavy atom. The van der Waals surface area contributed by atoms with Crippen molar-refractivity contribution >= 4 is 59.1 Å². The fraction of sp³-hybridized carbons (Fsp3) is 0.231. The van der Waals surface area contributed by atoms with Crippen LogP contribution in [0.4, 0.5) is 4.39 Å². The van der Waals surface area contributed by atoms with Crippen LogP contribution in [0.5, 0.6) is 0 Å². The number of benzene rings is 1. The Morgan fingerprint density at radius 2 is 2.00 bits per heavy atom. The van der Waals surface area contributed by atoms with Crippen molar-refractivity contribution in [2.45, 2.75) is 13.0 Å².